The lowest BCUT2D eigenvalue weighted by Gasteiger charge is -2.22. The van der Waals surface area contributed by atoms with Crippen molar-refractivity contribution >= 4 is 28.4 Å². The van der Waals surface area contributed by atoms with Gasteiger partial charge in [-0.05, 0) is 48.7 Å². The summed E-state index contributed by atoms with van der Waals surface area (Å²) < 4.78 is 0. The summed E-state index contributed by atoms with van der Waals surface area (Å²) in [5.41, 5.74) is 5.09. The highest BCUT2D eigenvalue weighted by molar-refractivity contribution is 5.92. The van der Waals surface area contributed by atoms with E-state index in [0.29, 0.717) is 19.5 Å². The van der Waals surface area contributed by atoms with Crippen LogP contribution in [0.4, 0.5) is 5.69 Å². The molecule has 0 bridgehead atoms. The molecular weight excluding hydrogens is 338 g/mol. The molecule has 27 heavy (non-hydrogen) atoms. The van der Waals surface area contributed by atoms with Crippen LogP contribution in [0.2, 0.25) is 0 Å². The van der Waals surface area contributed by atoms with Crippen molar-refractivity contribution in [2.24, 2.45) is 0 Å². The number of H-pyrrole nitrogens is 1. The molecule has 0 aliphatic rings. The maximum Gasteiger partial charge on any atom is 0.224 e. The second-order valence-electron chi connectivity index (χ2n) is 6.90. The number of nitrogens with zero attached hydrogens (tertiary/aromatic N) is 1. The molecule has 0 spiro atoms. The van der Waals surface area contributed by atoms with E-state index in [1.165, 1.54) is 0 Å². The third-order valence-corrected chi connectivity index (χ3v) is 4.58. The molecule has 3 aromatic rings. The first-order valence-electron chi connectivity index (χ1n) is 9.12. The van der Waals surface area contributed by atoms with E-state index >= 15 is 0 Å². The van der Waals surface area contributed by atoms with Gasteiger partial charge in [0, 0.05) is 42.8 Å². The monoisotopic (exact) mass is 363 g/mol. The van der Waals surface area contributed by atoms with Crippen LogP contribution in [-0.2, 0) is 16.0 Å². The molecule has 2 N–H and O–H groups in total. The number of para-hydroxylation sites is 1. The van der Waals surface area contributed by atoms with Gasteiger partial charge in [-0.1, -0.05) is 24.3 Å². The first kappa shape index (κ1) is 18.7. The first-order chi connectivity index (χ1) is 12.9. The van der Waals surface area contributed by atoms with Gasteiger partial charge in [0.05, 0.1) is 6.42 Å². The Morgan fingerprint density at radius 3 is 2.48 bits per heavy atom. The third kappa shape index (κ3) is 4.56. The van der Waals surface area contributed by atoms with Crippen molar-refractivity contribution < 1.29 is 9.59 Å². The molecule has 1 heterocycles. The van der Waals surface area contributed by atoms with E-state index in [9.17, 15) is 9.59 Å². The smallest absolute Gasteiger partial charge is 0.224 e. The zero-order chi connectivity index (χ0) is 19.4. The molecule has 1 aromatic heterocycles. The van der Waals surface area contributed by atoms with Crippen LogP contribution in [-0.4, -0.2) is 29.9 Å². The number of benzene rings is 2. The summed E-state index contributed by atoms with van der Waals surface area (Å²) in [4.78, 5) is 29.3. The maximum absolute atomic E-state index is 12.3. The lowest BCUT2D eigenvalue weighted by molar-refractivity contribution is -0.121. The highest BCUT2D eigenvalue weighted by Gasteiger charge is 2.13. The Balaban J connectivity index is 1.60. The van der Waals surface area contributed by atoms with Gasteiger partial charge >= 0.3 is 0 Å². The lowest BCUT2D eigenvalue weighted by atomic mass is 10.1. The fourth-order valence-corrected chi connectivity index (χ4v) is 3.40. The molecule has 5 nitrogen and oxygen atoms in total. The number of aryl methyl sites for hydroxylation is 2. The summed E-state index contributed by atoms with van der Waals surface area (Å²) in [5.74, 6) is -0.0884. The van der Waals surface area contributed by atoms with Crippen LogP contribution in [0, 0.1) is 13.8 Å². The molecule has 140 valence electrons. The first-order valence-corrected chi connectivity index (χ1v) is 9.12. The van der Waals surface area contributed by atoms with Crippen LogP contribution in [0.25, 0.3) is 10.9 Å². The number of fused-ring (bicyclic) bond motifs is 1. The van der Waals surface area contributed by atoms with Crippen molar-refractivity contribution in [1.29, 1.82) is 0 Å². The summed E-state index contributed by atoms with van der Waals surface area (Å²) in [6.45, 7) is 6.42. The Morgan fingerprint density at radius 1 is 1.07 bits per heavy atom. The van der Waals surface area contributed by atoms with E-state index in [-0.39, 0.29) is 11.8 Å². The number of carbonyl (C=O) groups excluding carboxylic acids is 2. The molecule has 0 saturated carbocycles. The number of anilines is 1. The van der Waals surface area contributed by atoms with Gasteiger partial charge in [0.2, 0.25) is 11.8 Å². The quantitative estimate of drug-likeness (QED) is 0.704. The van der Waals surface area contributed by atoms with Crippen LogP contribution in [0.5, 0.6) is 0 Å². The number of hydrogen-bond acceptors (Lipinski definition) is 2. The van der Waals surface area contributed by atoms with E-state index in [1.54, 1.807) is 11.8 Å². The molecule has 2 amide bonds. The summed E-state index contributed by atoms with van der Waals surface area (Å²) >= 11 is 0. The topological polar surface area (TPSA) is 65.2 Å². The zero-order valence-electron chi connectivity index (χ0n) is 16.0. The van der Waals surface area contributed by atoms with Gasteiger partial charge in [-0.25, -0.2) is 0 Å². The molecule has 0 radical (unpaired) electrons. The van der Waals surface area contributed by atoms with Gasteiger partial charge in [0.1, 0.15) is 0 Å². The number of aromatic amines is 1. The Labute approximate surface area is 159 Å². The van der Waals surface area contributed by atoms with Crippen LogP contribution >= 0.6 is 0 Å². The molecule has 0 aliphatic heterocycles. The van der Waals surface area contributed by atoms with Gasteiger partial charge in [-0.15, -0.1) is 0 Å². The van der Waals surface area contributed by atoms with Crippen molar-refractivity contribution in [2.75, 3.05) is 18.0 Å². The summed E-state index contributed by atoms with van der Waals surface area (Å²) in [5, 5.41) is 3.99. The van der Waals surface area contributed by atoms with Crippen LogP contribution in [0.1, 0.15) is 23.6 Å². The van der Waals surface area contributed by atoms with Crippen molar-refractivity contribution in [2.45, 2.75) is 27.2 Å². The standard InChI is InChI=1S/C22H25N3O2/c1-15-10-16(2)12-19(11-15)25(17(3)26)9-8-23-22(27)13-18-14-24-21-7-5-4-6-20(18)21/h4-7,10-12,14,24H,8-9,13H2,1-3H3,(H,23,27). The second-order valence-corrected chi connectivity index (χ2v) is 6.90. The molecule has 0 unspecified atom stereocenters. The van der Waals surface area contributed by atoms with Crippen molar-refractivity contribution in [3.8, 4) is 0 Å². The number of amides is 2. The highest BCUT2D eigenvalue weighted by Crippen LogP contribution is 2.19. The van der Waals surface area contributed by atoms with E-state index in [0.717, 1.165) is 33.3 Å². The summed E-state index contributed by atoms with van der Waals surface area (Å²) in [7, 11) is 0. The SMILES string of the molecule is CC(=O)N(CCNC(=O)Cc1c[nH]c2ccccc12)c1cc(C)cc(C)c1. The normalized spacial score (nSPS) is 10.8. The lowest BCUT2D eigenvalue weighted by Crippen LogP contribution is -2.38. The molecule has 2 aromatic carbocycles. The molecule has 5 heteroatoms. The van der Waals surface area contributed by atoms with Gasteiger partial charge in [0.15, 0.2) is 0 Å². The van der Waals surface area contributed by atoms with Crippen molar-refractivity contribution in [3.63, 3.8) is 0 Å². The average molecular weight is 363 g/mol. The van der Waals surface area contributed by atoms with Crippen LogP contribution in [0.3, 0.4) is 0 Å². The minimum Gasteiger partial charge on any atom is -0.361 e. The predicted molar refractivity (Wildman–Crippen MR) is 109 cm³/mol. The number of carbonyl (C=O) groups is 2. The molecule has 0 aliphatic carbocycles. The number of hydrogen-bond donors (Lipinski definition) is 2. The fraction of sp³-hybridized carbons (Fsp3) is 0.273. The number of aromatic nitrogens is 1. The van der Waals surface area contributed by atoms with Crippen molar-refractivity contribution in [3.05, 3.63) is 65.4 Å². The number of rotatable bonds is 6. The maximum atomic E-state index is 12.3. The molecule has 0 atom stereocenters. The third-order valence-electron chi connectivity index (χ3n) is 4.58. The van der Waals surface area contributed by atoms with Gasteiger partial charge in [-0.2, -0.15) is 0 Å². The Bertz CT molecular complexity index is 954. The minimum absolute atomic E-state index is 0.0362. The van der Waals surface area contributed by atoms with Crippen LogP contribution in [0.15, 0.2) is 48.7 Å². The van der Waals surface area contributed by atoms with Crippen molar-refractivity contribution in [1.82, 2.24) is 10.3 Å². The van der Waals surface area contributed by atoms with Gasteiger partial charge in [0.25, 0.3) is 0 Å². The van der Waals surface area contributed by atoms with Gasteiger partial charge in [-0.3, -0.25) is 9.59 Å². The molecular formula is C22H25N3O2. The largest absolute Gasteiger partial charge is 0.361 e. The second kappa shape index (κ2) is 8.08. The van der Waals surface area contributed by atoms with E-state index in [4.69, 9.17) is 0 Å². The van der Waals surface area contributed by atoms with Crippen LogP contribution < -0.4 is 10.2 Å². The fourth-order valence-electron chi connectivity index (χ4n) is 3.40. The molecule has 0 fully saturated rings. The molecule has 3 rings (SSSR count). The minimum atomic E-state index is -0.0522. The van der Waals surface area contributed by atoms with E-state index < -0.39 is 0 Å². The Kier molecular flexibility index (Phi) is 5.60. The average Bonchev–Trinajstić information content (AvgIpc) is 3.00. The number of nitrogens with one attached hydrogen (secondary N) is 2. The summed E-state index contributed by atoms with van der Waals surface area (Å²) in [6, 6.07) is 14.0. The predicted octanol–water partition coefficient (Wildman–Crippen LogP) is 3.50. The van der Waals surface area contributed by atoms with E-state index in [1.807, 2.05) is 56.4 Å². The van der Waals surface area contributed by atoms with E-state index in [2.05, 4.69) is 16.4 Å². The molecule has 0 saturated heterocycles. The summed E-state index contributed by atoms with van der Waals surface area (Å²) in [6.07, 6.45) is 2.19. The Morgan fingerprint density at radius 2 is 1.78 bits per heavy atom. The Hall–Kier alpha value is -3.08. The highest BCUT2D eigenvalue weighted by atomic mass is 16.2. The van der Waals surface area contributed by atoms with Gasteiger partial charge < -0.3 is 15.2 Å². The zero-order valence-corrected chi connectivity index (χ0v) is 16.0.